The summed E-state index contributed by atoms with van der Waals surface area (Å²) in [5.74, 6) is -0.619. The fourth-order valence-corrected chi connectivity index (χ4v) is 3.33. The SMILES string of the molecule is CCOc1ccccc1NC(=O)COC(=O)C1CCN(C(=O)Nc2ccccc2)CC1. The normalized spacial score (nSPS) is 13.9. The molecule has 1 fully saturated rings. The molecule has 2 N–H and O–H groups in total. The Bertz CT molecular complexity index is 895. The maximum Gasteiger partial charge on any atom is 0.321 e. The molecule has 0 spiro atoms. The molecule has 0 bridgehead atoms. The van der Waals surface area contributed by atoms with Gasteiger partial charge < -0.3 is 25.0 Å². The highest BCUT2D eigenvalue weighted by atomic mass is 16.5. The Hall–Kier alpha value is -3.55. The Morgan fingerprint density at radius 3 is 2.35 bits per heavy atom. The second-order valence-electron chi connectivity index (χ2n) is 7.14. The van der Waals surface area contributed by atoms with Crippen LogP contribution >= 0.6 is 0 Å². The van der Waals surface area contributed by atoms with E-state index in [0.29, 0.717) is 44.0 Å². The molecule has 8 heteroatoms. The molecule has 31 heavy (non-hydrogen) atoms. The van der Waals surface area contributed by atoms with Crippen molar-refractivity contribution in [3.63, 3.8) is 0 Å². The van der Waals surface area contributed by atoms with Crippen LogP contribution in [0.1, 0.15) is 19.8 Å². The fourth-order valence-electron chi connectivity index (χ4n) is 3.33. The number of para-hydroxylation sites is 3. The van der Waals surface area contributed by atoms with E-state index in [1.807, 2.05) is 43.3 Å². The van der Waals surface area contributed by atoms with Gasteiger partial charge in [0.1, 0.15) is 5.75 Å². The van der Waals surface area contributed by atoms with Gasteiger partial charge in [-0.05, 0) is 44.0 Å². The van der Waals surface area contributed by atoms with E-state index < -0.39 is 11.9 Å². The van der Waals surface area contributed by atoms with Gasteiger partial charge in [-0.25, -0.2) is 4.79 Å². The van der Waals surface area contributed by atoms with E-state index in [0.717, 1.165) is 5.69 Å². The molecule has 1 heterocycles. The number of carbonyl (C=O) groups is 3. The van der Waals surface area contributed by atoms with Crippen molar-refractivity contribution < 1.29 is 23.9 Å². The van der Waals surface area contributed by atoms with E-state index in [2.05, 4.69) is 10.6 Å². The lowest BCUT2D eigenvalue weighted by molar-refractivity contribution is -0.152. The van der Waals surface area contributed by atoms with Crippen LogP contribution in [0.5, 0.6) is 5.75 Å². The van der Waals surface area contributed by atoms with Crippen LogP contribution in [0.4, 0.5) is 16.2 Å². The summed E-state index contributed by atoms with van der Waals surface area (Å²) in [6.07, 6.45) is 0.992. The Labute approximate surface area is 181 Å². The van der Waals surface area contributed by atoms with Gasteiger partial charge in [0.25, 0.3) is 5.91 Å². The van der Waals surface area contributed by atoms with Crippen molar-refractivity contribution in [2.24, 2.45) is 5.92 Å². The summed E-state index contributed by atoms with van der Waals surface area (Å²) in [7, 11) is 0. The minimum atomic E-state index is -0.430. The Kier molecular flexibility index (Phi) is 7.86. The summed E-state index contributed by atoms with van der Waals surface area (Å²) < 4.78 is 10.7. The number of hydrogen-bond donors (Lipinski definition) is 2. The maximum atomic E-state index is 12.3. The minimum absolute atomic E-state index is 0.189. The van der Waals surface area contributed by atoms with Gasteiger partial charge in [-0.1, -0.05) is 30.3 Å². The number of piperidine rings is 1. The smallest absolute Gasteiger partial charge is 0.321 e. The van der Waals surface area contributed by atoms with E-state index >= 15 is 0 Å². The zero-order valence-electron chi connectivity index (χ0n) is 17.5. The number of benzene rings is 2. The molecule has 0 aromatic heterocycles. The van der Waals surface area contributed by atoms with Crippen LogP contribution < -0.4 is 15.4 Å². The van der Waals surface area contributed by atoms with E-state index in [1.54, 1.807) is 23.1 Å². The lowest BCUT2D eigenvalue weighted by Crippen LogP contribution is -2.43. The molecule has 164 valence electrons. The molecule has 3 amide bonds. The number of urea groups is 1. The zero-order chi connectivity index (χ0) is 22.1. The van der Waals surface area contributed by atoms with Crippen LogP contribution in [0.25, 0.3) is 0 Å². The average molecular weight is 425 g/mol. The van der Waals surface area contributed by atoms with Gasteiger partial charge in [-0.2, -0.15) is 0 Å². The Morgan fingerprint density at radius 1 is 0.968 bits per heavy atom. The number of likely N-dealkylation sites (tertiary alicyclic amines) is 1. The summed E-state index contributed by atoms with van der Waals surface area (Å²) in [6.45, 7) is 2.87. The molecule has 0 aliphatic carbocycles. The number of rotatable bonds is 7. The van der Waals surface area contributed by atoms with Crippen molar-refractivity contribution >= 4 is 29.3 Å². The van der Waals surface area contributed by atoms with Crippen LogP contribution in [-0.2, 0) is 14.3 Å². The molecular weight excluding hydrogens is 398 g/mol. The van der Waals surface area contributed by atoms with Crippen molar-refractivity contribution in [3.05, 3.63) is 54.6 Å². The van der Waals surface area contributed by atoms with Crippen molar-refractivity contribution in [2.75, 3.05) is 36.9 Å². The number of ether oxygens (including phenoxy) is 2. The quantitative estimate of drug-likeness (QED) is 0.662. The standard InChI is InChI=1S/C23H27N3O5/c1-2-30-20-11-7-6-10-19(20)25-21(27)16-31-22(28)17-12-14-26(15-13-17)23(29)24-18-8-4-3-5-9-18/h3-11,17H,2,12-16H2,1H3,(H,24,29)(H,25,27). The molecule has 1 aliphatic heterocycles. The predicted molar refractivity (Wildman–Crippen MR) is 117 cm³/mol. The van der Waals surface area contributed by atoms with E-state index in [9.17, 15) is 14.4 Å². The second-order valence-corrected chi connectivity index (χ2v) is 7.14. The second kappa shape index (κ2) is 11.0. The molecule has 0 radical (unpaired) electrons. The molecule has 0 saturated carbocycles. The largest absolute Gasteiger partial charge is 0.492 e. The summed E-state index contributed by atoms with van der Waals surface area (Å²) in [4.78, 5) is 38.5. The van der Waals surface area contributed by atoms with Gasteiger partial charge in [0.05, 0.1) is 18.2 Å². The zero-order valence-corrected chi connectivity index (χ0v) is 17.5. The van der Waals surface area contributed by atoms with Gasteiger partial charge in [-0.3, -0.25) is 9.59 Å². The Balaban J connectivity index is 1.41. The highest BCUT2D eigenvalue weighted by Crippen LogP contribution is 2.24. The van der Waals surface area contributed by atoms with E-state index in [4.69, 9.17) is 9.47 Å². The summed E-state index contributed by atoms with van der Waals surface area (Å²) in [6, 6.07) is 16.1. The summed E-state index contributed by atoms with van der Waals surface area (Å²) in [5, 5.41) is 5.54. The average Bonchev–Trinajstić information content (AvgIpc) is 2.80. The van der Waals surface area contributed by atoms with Gasteiger partial charge in [0.15, 0.2) is 6.61 Å². The number of amides is 3. The minimum Gasteiger partial charge on any atom is -0.492 e. The summed E-state index contributed by atoms with van der Waals surface area (Å²) >= 11 is 0. The van der Waals surface area contributed by atoms with Crippen LogP contribution in [0, 0.1) is 5.92 Å². The molecule has 3 rings (SSSR count). The molecule has 1 saturated heterocycles. The first-order chi connectivity index (χ1) is 15.1. The van der Waals surface area contributed by atoms with Crippen LogP contribution in [0.15, 0.2) is 54.6 Å². The molecule has 0 unspecified atom stereocenters. The van der Waals surface area contributed by atoms with Crippen molar-refractivity contribution in [2.45, 2.75) is 19.8 Å². The molecule has 8 nitrogen and oxygen atoms in total. The third-order valence-corrected chi connectivity index (χ3v) is 4.95. The monoisotopic (exact) mass is 425 g/mol. The van der Waals surface area contributed by atoms with Crippen molar-refractivity contribution in [1.29, 1.82) is 0 Å². The first-order valence-electron chi connectivity index (χ1n) is 10.4. The molecular formula is C23H27N3O5. The topological polar surface area (TPSA) is 97.0 Å². The number of carbonyl (C=O) groups excluding carboxylic acids is 3. The number of nitrogens with one attached hydrogen (secondary N) is 2. The van der Waals surface area contributed by atoms with Crippen LogP contribution in [0.3, 0.4) is 0 Å². The Morgan fingerprint density at radius 2 is 1.65 bits per heavy atom. The van der Waals surface area contributed by atoms with E-state index in [1.165, 1.54) is 0 Å². The number of hydrogen-bond acceptors (Lipinski definition) is 5. The molecule has 2 aromatic carbocycles. The van der Waals surface area contributed by atoms with Gasteiger partial charge in [0, 0.05) is 18.8 Å². The third kappa shape index (κ3) is 6.47. The molecule has 0 atom stereocenters. The van der Waals surface area contributed by atoms with E-state index in [-0.39, 0.29) is 18.6 Å². The van der Waals surface area contributed by atoms with Gasteiger partial charge >= 0.3 is 12.0 Å². The highest BCUT2D eigenvalue weighted by molar-refractivity contribution is 5.94. The predicted octanol–water partition coefficient (Wildman–Crippen LogP) is 3.51. The van der Waals surface area contributed by atoms with Gasteiger partial charge in [0.2, 0.25) is 0 Å². The van der Waals surface area contributed by atoms with Crippen LogP contribution in [0.2, 0.25) is 0 Å². The third-order valence-electron chi connectivity index (χ3n) is 4.95. The molecule has 1 aliphatic rings. The maximum absolute atomic E-state index is 12.3. The van der Waals surface area contributed by atoms with Crippen molar-refractivity contribution in [3.8, 4) is 5.75 Å². The lowest BCUT2D eigenvalue weighted by Gasteiger charge is -2.30. The van der Waals surface area contributed by atoms with Crippen LogP contribution in [-0.4, -0.2) is 49.1 Å². The highest BCUT2D eigenvalue weighted by Gasteiger charge is 2.28. The number of nitrogens with zero attached hydrogens (tertiary/aromatic N) is 1. The molecule has 2 aromatic rings. The first kappa shape index (κ1) is 22.1. The number of anilines is 2. The van der Waals surface area contributed by atoms with Crippen molar-refractivity contribution in [1.82, 2.24) is 4.90 Å². The fraction of sp³-hybridized carbons (Fsp3) is 0.348. The number of esters is 1. The first-order valence-corrected chi connectivity index (χ1v) is 10.4. The summed E-state index contributed by atoms with van der Waals surface area (Å²) in [5.41, 5.74) is 1.26. The van der Waals surface area contributed by atoms with Gasteiger partial charge in [-0.15, -0.1) is 0 Å². The lowest BCUT2D eigenvalue weighted by atomic mass is 9.97.